The number of aliphatic hydroxyl groups is 1. The Balaban J connectivity index is 2.40. The Kier molecular flexibility index (Phi) is 4.91. The third-order valence-electron chi connectivity index (χ3n) is 2.13. The molecule has 1 atom stereocenters. The monoisotopic (exact) mass is 272 g/mol. The summed E-state index contributed by atoms with van der Waals surface area (Å²) in [5.41, 5.74) is 7.48. The molecule has 1 aromatic rings. The van der Waals surface area contributed by atoms with Gasteiger partial charge in [-0.05, 0) is 38.0 Å². The molecule has 4 N–H and O–H groups in total. The zero-order chi connectivity index (χ0) is 11.3. The fraction of sp³-hybridized carbons (Fsp3) is 0.455. The Hall–Kier alpha value is -0.740. The van der Waals surface area contributed by atoms with Gasteiger partial charge in [-0.2, -0.15) is 0 Å². The number of hydrogen-bond acceptors (Lipinski definition) is 3. The molecule has 0 aliphatic carbocycles. The lowest BCUT2D eigenvalue weighted by atomic mass is 10.2. The maximum absolute atomic E-state index is 9.09. The number of nitrogens with two attached hydrogens (primary N) is 1. The van der Waals surface area contributed by atoms with Crippen LogP contribution in [0.2, 0.25) is 0 Å². The van der Waals surface area contributed by atoms with Gasteiger partial charge >= 0.3 is 0 Å². The Morgan fingerprint density at radius 2 is 2.27 bits per heavy atom. The lowest BCUT2D eigenvalue weighted by Gasteiger charge is -2.10. The number of benzene rings is 1. The van der Waals surface area contributed by atoms with Gasteiger partial charge in [0.25, 0.3) is 0 Å². The van der Waals surface area contributed by atoms with Crippen LogP contribution >= 0.6 is 15.9 Å². The van der Waals surface area contributed by atoms with Crippen molar-refractivity contribution in [3.63, 3.8) is 0 Å². The van der Waals surface area contributed by atoms with E-state index >= 15 is 0 Å². The highest BCUT2D eigenvalue weighted by molar-refractivity contribution is 9.10. The molecule has 3 nitrogen and oxygen atoms in total. The molecule has 15 heavy (non-hydrogen) atoms. The standard InChI is InChI=1S/C11H17BrN2O/c1-8(15)3-2-6-14-11-7-9(12)4-5-10(11)13/h4-5,7-8,14-15H,2-3,6,13H2,1H3. The predicted octanol–water partition coefficient (Wildman–Crippen LogP) is 2.60. The van der Waals surface area contributed by atoms with Gasteiger partial charge in [0.2, 0.25) is 0 Å². The quantitative estimate of drug-likeness (QED) is 0.571. The van der Waals surface area contributed by atoms with Gasteiger partial charge in [-0.1, -0.05) is 15.9 Å². The first kappa shape index (κ1) is 12.3. The number of nitrogen functional groups attached to an aromatic ring is 1. The summed E-state index contributed by atoms with van der Waals surface area (Å²) in [4.78, 5) is 0. The van der Waals surface area contributed by atoms with E-state index < -0.39 is 0 Å². The van der Waals surface area contributed by atoms with Crippen LogP contribution < -0.4 is 11.1 Å². The van der Waals surface area contributed by atoms with Crippen LogP contribution in [0.25, 0.3) is 0 Å². The summed E-state index contributed by atoms with van der Waals surface area (Å²) in [6.45, 7) is 2.62. The minimum Gasteiger partial charge on any atom is -0.397 e. The molecule has 0 spiro atoms. The van der Waals surface area contributed by atoms with Crippen LogP contribution in [-0.4, -0.2) is 17.8 Å². The van der Waals surface area contributed by atoms with Gasteiger partial charge in [0, 0.05) is 11.0 Å². The Labute approximate surface area is 98.8 Å². The smallest absolute Gasteiger partial charge is 0.0585 e. The van der Waals surface area contributed by atoms with E-state index in [4.69, 9.17) is 10.8 Å². The largest absolute Gasteiger partial charge is 0.397 e. The minimum atomic E-state index is -0.230. The van der Waals surface area contributed by atoms with Crippen LogP contribution in [0.5, 0.6) is 0 Å². The van der Waals surface area contributed by atoms with Crippen molar-refractivity contribution in [1.82, 2.24) is 0 Å². The highest BCUT2D eigenvalue weighted by Gasteiger charge is 2.00. The van der Waals surface area contributed by atoms with Crippen LogP contribution in [0.1, 0.15) is 19.8 Å². The Bertz CT molecular complexity index is 315. The van der Waals surface area contributed by atoms with E-state index in [2.05, 4.69) is 21.2 Å². The van der Waals surface area contributed by atoms with Crippen molar-refractivity contribution in [2.45, 2.75) is 25.9 Å². The molecule has 0 bridgehead atoms. The maximum atomic E-state index is 9.09. The SMILES string of the molecule is CC(O)CCCNc1cc(Br)ccc1N. The molecule has 0 heterocycles. The summed E-state index contributed by atoms with van der Waals surface area (Å²) in [7, 11) is 0. The second-order valence-corrected chi connectivity index (χ2v) is 4.57. The molecule has 84 valence electrons. The van der Waals surface area contributed by atoms with Crippen molar-refractivity contribution in [2.24, 2.45) is 0 Å². The summed E-state index contributed by atoms with van der Waals surface area (Å²) in [5, 5.41) is 12.3. The van der Waals surface area contributed by atoms with E-state index in [1.54, 1.807) is 6.92 Å². The molecule has 1 aromatic carbocycles. The van der Waals surface area contributed by atoms with Crippen LogP contribution in [0.4, 0.5) is 11.4 Å². The predicted molar refractivity (Wildman–Crippen MR) is 68.0 cm³/mol. The molecular weight excluding hydrogens is 256 g/mol. The zero-order valence-corrected chi connectivity index (χ0v) is 10.4. The van der Waals surface area contributed by atoms with Crippen LogP contribution in [0, 0.1) is 0 Å². The molecule has 0 saturated carbocycles. The van der Waals surface area contributed by atoms with E-state index in [9.17, 15) is 0 Å². The Morgan fingerprint density at radius 1 is 1.53 bits per heavy atom. The molecule has 0 radical (unpaired) electrons. The van der Waals surface area contributed by atoms with Gasteiger partial charge in [-0.3, -0.25) is 0 Å². The van der Waals surface area contributed by atoms with Gasteiger partial charge in [-0.25, -0.2) is 0 Å². The first-order valence-electron chi connectivity index (χ1n) is 5.06. The van der Waals surface area contributed by atoms with Gasteiger partial charge < -0.3 is 16.2 Å². The maximum Gasteiger partial charge on any atom is 0.0585 e. The van der Waals surface area contributed by atoms with E-state index in [0.29, 0.717) is 0 Å². The number of hydrogen-bond donors (Lipinski definition) is 3. The van der Waals surface area contributed by atoms with E-state index in [0.717, 1.165) is 35.2 Å². The third kappa shape index (κ3) is 4.53. The van der Waals surface area contributed by atoms with E-state index in [-0.39, 0.29) is 6.10 Å². The lowest BCUT2D eigenvalue weighted by molar-refractivity contribution is 0.183. The second kappa shape index (κ2) is 5.98. The van der Waals surface area contributed by atoms with E-state index in [1.807, 2.05) is 18.2 Å². The van der Waals surface area contributed by atoms with E-state index in [1.165, 1.54) is 0 Å². The zero-order valence-electron chi connectivity index (χ0n) is 8.83. The van der Waals surface area contributed by atoms with Gasteiger partial charge in [0.15, 0.2) is 0 Å². The van der Waals surface area contributed by atoms with Crippen molar-refractivity contribution in [3.05, 3.63) is 22.7 Å². The normalized spacial score (nSPS) is 12.5. The summed E-state index contributed by atoms with van der Waals surface area (Å²) < 4.78 is 1.01. The highest BCUT2D eigenvalue weighted by Crippen LogP contribution is 2.23. The first-order chi connectivity index (χ1) is 7.09. The molecule has 0 aliphatic heterocycles. The number of nitrogens with one attached hydrogen (secondary N) is 1. The molecule has 0 saturated heterocycles. The topological polar surface area (TPSA) is 58.3 Å². The van der Waals surface area contributed by atoms with Gasteiger partial charge in [0.05, 0.1) is 17.5 Å². The first-order valence-corrected chi connectivity index (χ1v) is 5.86. The number of halogens is 1. The summed E-state index contributed by atoms with van der Waals surface area (Å²) in [6.07, 6.45) is 1.51. The number of aliphatic hydroxyl groups excluding tert-OH is 1. The van der Waals surface area contributed by atoms with Crippen LogP contribution in [-0.2, 0) is 0 Å². The van der Waals surface area contributed by atoms with Gasteiger partial charge in [-0.15, -0.1) is 0 Å². The van der Waals surface area contributed by atoms with Crippen molar-refractivity contribution in [1.29, 1.82) is 0 Å². The van der Waals surface area contributed by atoms with Crippen LogP contribution in [0.15, 0.2) is 22.7 Å². The molecule has 4 heteroatoms. The van der Waals surface area contributed by atoms with Crippen LogP contribution in [0.3, 0.4) is 0 Å². The third-order valence-corrected chi connectivity index (χ3v) is 2.62. The number of anilines is 2. The molecular formula is C11H17BrN2O. The lowest BCUT2D eigenvalue weighted by Crippen LogP contribution is -2.07. The summed E-state index contributed by atoms with van der Waals surface area (Å²) in [6, 6.07) is 5.73. The minimum absolute atomic E-state index is 0.230. The molecule has 1 rings (SSSR count). The average molecular weight is 273 g/mol. The average Bonchev–Trinajstić information content (AvgIpc) is 2.17. The van der Waals surface area contributed by atoms with Crippen molar-refractivity contribution < 1.29 is 5.11 Å². The fourth-order valence-electron chi connectivity index (χ4n) is 1.30. The molecule has 1 unspecified atom stereocenters. The number of rotatable bonds is 5. The molecule has 0 amide bonds. The Morgan fingerprint density at radius 3 is 2.93 bits per heavy atom. The van der Waals surface area contributed by atoms with Crippen molar-refractivity contribution >= 4 is 27.3 Å². The highest BCUT2D eigenvalue weighted by atomic mass is 79.9. The van der Waals surface area contributed by atoms with Crippen molar-refractivity contribution in [3.8, 4) is 0 Å². The molecule has 0 aromatic heterocycles. The fourth-order valence-corrected chi connectivity index (χ4v) is 1.66. The van der Waals surface area contributed by atoms with Gasteiger partial charge in [0.1, 0.15) is 0 Å². The summed E-state index contributed by atoms with van der Waals surface area (Å²) >= 11 is 3.39. The van der Waals surface area contributed by atoms with Crippen molar-refractivity contribution in [2.75, 3.05) is 17.6 Å². The summed E-state index contributed by atoms with van der Waals surface area (Å²) in [5.74, 6) is 0. The second-order valence-electron chi connectivity index (χ2n) is 3.65. The molecule has 0 fully saturated rings. The molecule has 0 aliphatic rings.